The minimum absolute atomic E-state index is 0.0235. The van der Waals surface area contributed by atoms with E-state index in [1.807, 2.05) is 28.9 Å². The van der Waals surface area contributed by atoms with Crippen LogP contribution in [0.3, 0.4) is 0 Å². The molecule has 0 atom stereocenters. The molecule has 1 saturated heterocycles. The molecule has 1 aliphatic rings. The van der Waals surface area contributed by atoms with Crippen molar-refractivity contribution in [1.29, 1.82) is 0 Å². The zero-order valence-electron chi connectivity index (χ0n) is 12.8. The Hall–Kier alpha value is -2.90. The molecule has 0 aromatic carbocycles. The van der Waals surface area contributed by atoms with Gasteiger partial charge in [-0.05, 0) is 6.07 Å². The molecule has 4 heterocycles. The van der Waals surface area contributed by atoms with E-state index in [9.17, 15) is 4.79 Å². The van der Waals surface area contributed by atoms with Crippen LogP contribution in [0.2, 0.25) is 0 Å². The number of hydrogen-bond acceptors (Lipinski definition) is 5. The van der Waals surface area contributed by atoms with E-state index in [1.165, 1.54) is 0 Å². The number of carbonyl (C=O) groups is 1. The van der Waals surface area contributed by atoms with Gasteiger partial charge in [0, 0.05) is 58.0 Å². The molecule has 8 heteroatoms. The first kappa shape index (κ1) is 13.7. The molecule has 1 fully saturated rings. The van der Waals surface area contributed by atoms with Gasteiger partial charge in [0.1, 0.15) is 11.2 Å². The van der Waals surface area contributed by atoms with Gasteiger partial charge in [-0.1, -0.05) is 0 Å². The van der Waals surface area contributed by atoms with Gasteiger partial charge >= 0.3 is 0 Å². The van der Waals surface area contributed by atoms with Crippen LogP contribution in [0.25, 0.3) is 5.65 Å². The Bertz CT molecular complexity index is 830. The summed E-state index contributed by atoms with van der Waals surface area (Å²) in [6, 6.07) is 1.80. The van der Waals surface area contributed by atoms with Gasteiger partial charge in [-0.3, -0.25) is 4.79 Å². The van der Waals surface area contributed by atoms with Gasteiger partial charge in [-0.25, -0.2) is 14.5 Å². The van der Waals surface area contributed by atoms with E-state index in [-0.39, 0.29) is 5.91 Å². The average Bonchev–Trinajstić information content (AvgIpc) is 3.19. The quantitative estimate of drug-likeness (QED) is 0.686. The van der Waals surface area contributed by atoms with Crippen molar-refractivity contribution in [1.82, 2.24) is 29.0 Å². The first-order chi connectivity index (χ1) is 11.2. The van der Waals surface area contributed by atoms with Crippen molar-refractivity contribution in [3.63, 3.8) is 0 Å². The number of rotatable bonds is 2. The van der Waals surface area contributed by atoms with Crippen molar-refractivity contribution in [2.24, 2.45) is 7.05 Å². The van der Waals surface area contributed by atoms with E-state index >= 15 is 0 Å². The highest BCUT2D eigenvalue weighted by Gasteiger charge is 2.26. The van der Waals surface area contributed by atoms with Gasteiger partial charge < -0.3 is 14.4 Å². The Labute approximate surface area is 133 Å². The lowest BCUT2D eigenvalue weighted by atomic mass is 10.2. The van der Waals surface area contributed by atoms with Gasteiger partial charge in [0.25, 0.3) is 5.91 Å². The Kier molecular flexibility index (Phi) is 3.22. The van der Waals surface area contributed by atoms with Crippen LogP contribution in [0.15, 0.2) is 37.1 Å². The smallest absolute Gasteiger partial charge is 0.259 e. The topological polar surface area (TPSA) is 71.6 Å². The summed E-state index contributed by atoms with van der Waals surface area (Å²) in [6.45, 7) is 2.76. The molecule has 3 aromatic heterocycles. The number of aromatic nitrogens is 5. The maximum absolute atomic E-state index is 12.8. The second kappa shape index (κ2) is 5.38. The zero-order chi connectivity index (χ0) is 15.8. The average molecular weight is 311 g/mol. The molecule has 0 radical (unpaired) electrons. The summed E-state index contributed by atoms with van der Waals surface area (Å²) in [5.41, 5.74) is 1.46. The minimum atomic E-state index is 0.0235. The number of amides is 1. The maximum atomic E-state index is 12.8. The van der Waals surface area contributed by atoms with Crippen LogP contribution < -0.4 is 4.90 Å². The lowest BCUT2D eigenvalue weighted by molar-refractivity contribution is 0.0747. The predicted octanol–water partition coefficient (Wildman–Crippen LogP) is 0.425. The lowest BCUT2D eigenvalue weighted by Gasteiger charge is -2.34. The summed E-state index contributed by atoms with van der Waals surface area (Å²) in [6.07, 6.45) is 8.85. The van der Waals surface area contributed by atoms with Gasteiger partial charge in [0.15, 0.2) is 0 Å². The molecular weight excluding hydrogens is 294 g/mol. The Morgan fingerprint density at radius 1 is 1.09 bits per heavy atom. The highest BCUT2D eigenvalue weighted by Crippen LogP contribution is 2.16. The molecule has 1 amide bonds. The van der Waals surface area contributed by atoms with Crippen molar-refractivity contribution in [3.05, 3.63) is 42.6 Å². The van der Waals surface area contributed by atoms with Crippen LogP contribution >= 0.6 is 0 Å². The summed E-state index contributed by atoms with van der Waals surface area (Å²) in [4.78, 5) is 25.3. The molecular formula is C15H17N7O. The number of imidazole rings is 1. The number of nitrogens with zero attached hydrogens (tertiary/aromatic N) is 7. The van der Waals surface area contributed by atoms with Gasteiger partial charge in [0.05, 0.1) is 6.20 Å². The molecule has 8 nitrogen and oxygen atoms in total. The Morgan fingerprint density at radius 2 is 1.83 bits per heavy atom. The van der Waals surface area contributed by atoms with Crippen LogP contribution in [0, 0.1) is 0 Å². The van der Waals surface area contributed by atoms with E-state index in [1.54, 1.807) is 29.2 Å². The standard InChI is InChI=1S/C15H17N7O/c1-19-5-10-22-13(19)12(11-18-22)14(23)20-6-8-21(9-7-20)15-16-3-2-4-17-15/h2-5,10-11H,6-9H2,1H3. The maximum Gasteiger partial charge on any atom is 0.259 e. The Balaban J connectivity index is 1.50. The summed E-state index contributed by atoms with van der Waals surface area (Å²) in [5.74, 6) is 0.741. The van der Waals surface area contributed by atoms with Crippen molar-refractivity contribution >= 4 is 17.5 Å². The third-order valence-corrected chi connectivity index (χ3v) is 4.17. The molecule has 1 aliphatic heterocycles. The molecule has 118 valence electrons. The van der Waals surface area contributed by atoms with E-state index in [0.29, 0.717) is 18.7 Å². The van der Waals surface area contributed by atoms with Crippen LogP contribution in [0.5, 0.6) is 0 Å². The van der Waals surface area contributed by atoms with Gasteiger partial charge in [-0.2, -0.15) is 5.10 Å². The summed E-state index contributed by atoms with van der Waals surface area (Å²) in [7, 11) is 1.92. The monoisotopic (exact) mass is 311 g/mol. The van der Waals surface area contributed by atoms with E-state index in [0.717, 1.165) is 24.7 Å². The van der Waals surface area contributed by atoms with Crippen molar-refractivity contribution < 1.29 is 4.79 Å². The number of carbonyl (C=O) groups excluding carboxylic acids is 1. The second-order valence-corrected chi connectivity index (χ2v) is 5.56. The minimum Gasteiger partial charge on any atom is -0.337 e. The number of piperazine rings is 1. The number of aryl methyl sites for hydroxylation is 1. The van der Waals surface area contributed by atoms with E-state index < -0.39 is 0 Å². The first-order valence-electron chi connectivity index (χ1n) is 7.54. The molecule has 0 aliphatic carbocycles. The van der Waals surface area contributed by atoms with Crippen LogP contribution in [-0.2, 0) is 7.05 Å². The summed E-state index contributed by atoms with van der Waals surface area (Å²) < 4.78 is 3.63. The first-order valence-corrected chi connectivity index (χ1v) is 7.54. The van der Waals surface area contributed by atoms with E-state index in [4.69, 9.17) is 0 Å². The van der Waals surface area contributed by atoms with Crippen LogP contribution in [-0.4, -0.2) is 61.1 Å². The number of fused-ring (bicyclic) bond motifs is 1. The predicted molar refractivity (Wildman–Crippen MR) is 84.3 cm³/mol. The lowest BCUT2D eigenvalue weighted by Crippen LogP contribution is -2.49. The van der Waals surface area contributed by atoms with Gasteiger partial charge in [-0.15, -0.1) is 0 Å². The fourth-order valence-corrected chi connectivity index (χ4v) is 2.94. The number of hydrogen-bond donors (Lipinski definition) is 0. The highest BCUT2D eigenvalue weighted by molar-refractivity contribution is 5.99. The van der Waals surface area contributed by atoms with Crippen molar-refractivity contribution in [2.75, 3.05) is 31.1 Å². The molecule has 0 saturated carbocycles. The summed E-state index contributed by atoms with van der Waals surface area (Å²) >= 11 is 0. The van der Waals surface area contributed by atoms with Crippen LogP contribution in [0.1, 0.15) is 10.4 Å². The van der Waals surface area contributed by atoms with Crippen molar-refractivity contribution in [3.8, 4) is 0 Å². The molecule has 0 N–H and O–H groups in total. The molecule has 4 rings (SSSR count). The third kappa shape index (κ3) is 2.32. The zero-order valence-corrected chi connectivity index (χ0v) is 12.8. The highest BCUT2D eigenvalue weighted by atomic mass is 16.2. The Morgan fingerprint density at radius 3 is 2.57 bits per heavy atom. The molecule has 0 unspecified atom stereocenters. The molecule has 0 spiro atoms. The van der Waals surface area contributed by atoms with Crippen LogP contribution in [0.4, 0.5) is 5.95 Å². The second-order valence-electron chi connectivity index (χ2n) is 5.56. The normalized spacial score (nSPS) is 15.3. The fourth-order valence-electron chi connectivity index (χ4n) is 2.94. The number of anilines is 1. The molecule has 3 aromatic rings. The van der Waals surface area contributed by atoms with Crippen molar-refractivity contribution in [2.45, 2.75) is 0 Å². The van der Waals surface area contributed by atoms with E-state index in [2.05, 4.69) is 20.0 Å². The SMILES string of the molecule is Cn1ccn2ncc(C(=O)N3CCN(c4ncccn4)CC3)c12. The molecule has 23 heavy (non-hydrogen) atoms. The largest absolute Gasteiger partial charge is 0.337 e. The fraction of sp³-hybridized carbons (Fsp3) is 0.333. The summed E-state index contributed by atoms with van der Waals surface area (Å²) in [5, 5.41) is 4.24. The van der Waals surface area contributed by atoms with Gasteiger partial charge in [0.2, 0.25) is 5.95 Å². The molecule has 0 bridgehead atoms. The third-order valence-electron chi connectivity index (χ3n) is 4.17.